The van der Waals surface area contributed by atoms with Gasteiger partial charge in [0.2, 0.25) is 5.91 Å². The third-order valence-corrected chi connectivity index (χ3v) is 3.78. The number of halogens is 2. The standard InChI is InChI=1S/C13H15BrFN3O2/c14-9-3-4-10(15)11(6-9)17-12(19)8-2-1-5-18(7-8)13(16)20/h3-4,6,8H,1-2,5,7H2,(H2,16,20)(H,17,19)/t8-/m1/s1. The number of nitrogens with two attached hydrogens (primary N) is 1. The number of urea groups is 1. The fourth-order valence-corrected chi connectivity index (χ4v) is 2.58. The predicted octanol–water partition coefficient (Wildman–Crippen LogP) is 2.32. The van der Waals surface area contributed by atoms with Gasteiger partial charge in [-0.05, 0) is 31.0 Å². The molecule has 0 aliphatic carbocycles. The van der Waals surface area contributed by atoms with Gasteiger partial charge < -0.3 is 16.0 Å². The molecule has 0 spiro atoms. The molecule has 1 aromatic rings. The molecule has 7 heteroatoms. The van der Waals surface area contributed by atoms with Crippen molar-refractivity contribution in [2.45, 2.75) is 12.8 Å². The highest BCUT2D eigenvalue weighted by atomic mass is 79.9. The number of nitrogens with one attached hydrogen (secondary N) is 1. The van der Waals surface area contributed by atoms with E-state index in [1.807, 2.05) is 0 Å². The summed E-state index contributed by atoms with van der Waals surface area (Å²) in [5, 5.41) is 2.56. The molecule has 1 fully saturated rings. The lowest BCUT2D eigenvalue weighted by molar-refractivity contribution is -0.121. The summed E-state index contributed by atoms with van der Waals surface area (Å²) in [5.41, 5.74) is 5.34. The van der Waals surface area contributed by atoms with Crippen LogP contribution < -0.4 is 11.1 Å². The smallest absolute Gasteiger partial charge is 0.314 e. The predicted molar refractivity (Wildman–Crippen MR) is 76.6 cm³/mol. The Labute approximate surface area is 124 Å². The third-order valence-electron chi connectivity index (χ3n) is 3.29. The van der Waals surface area contributed by atoms with Gasteiger partial charge in [0.05, 0.1) is 11.6 Å². The Morgan fingerprint density at radius 1 is 1.45 bits per heavy atom. The van der Waals surface area contributed by atoms with Crippen molar-refractivity contribution in [1.82, 2.24) is 4.90 Å². The SMILES string of the molecule is NC(=O)N1CCC[C@@H](C(=O)Nc2cc(Br)ccc2F)C1. The summed E-state index contributed by atoms with van der Waals surface area (Å²) in [4.78, 5) is 24.7. The molecule has 108 valence electrons. The van der Waals surface area contributed by atoms with Gasteiger partial charge >= 0.3 is 6.03 Å². The van der Waals surface area contributed by atoms with Crippen molar-refractivity contribution in [2.24, 2.45) is 11.7 Å². The lowest BCUT2D eigenvalue weighted by Gasteiger charge is -2.30. The average molecular weight is 344 g/mol. The van der Waals surface area contributed by atoms with Gasteiger partial charge in [-0.15, -0.1) is 0 Å². The van der Waals surface area contributed by atoms with Crippen molar-refractivity contribution < 1.29 is 14.0 Å². The second-order valence-electron chi connectivity index (χ2n) is 4.74. The van der Waals surface area contributed by atoms with E-state index in [-0.39, 0.29) is 24.1 Å². The van der Waals surface area contributed by atoms with Crippen LogP contribution in [0.4, 0.5) is 14.9 Å². The molecular weight excluding hydrogens is 329 g/mol. The van der Waals surface area contributed by atoms with Crippen LogP contribution in [0.15, 0.2) is 22.7 Å². The molecular formula is C13H15BrFN3O2. The maximum absolute atomic E-state index is 13.6. The molecule has 0 saturated carbocycles. The minimum atomic E-state index is -0.531. The van der Waals surface area contributed by atoms with Crippen LogP contribution in [0, 0.1) is 11.7 Å². The van der Waals surface area contributed by atoms with E-state index in [0.29, 0.717) is 23.9 Å². The van der Waals surface area contributed by atoms with Crippen LogP contribution >= 0.6 is 15.9 Å². The summed E-state index contributed by atoms with van der Waals surface area (Å²) in [6.45, 7) is 0.834. The molecule has 0 bridgehead atoms. The number of piperidine rings is 1. The summed E-state index contributed by atoms with van der Waals surface area (Å²) in [5.74, 6) is -1.16. The Bertz CT molecular complexity index is 538. The molecule has 20 heavy (non-hydrogen) atoms. The van der Waals surface area contributed by atoms with Crippen molar-refractivity contribution in [3.8, 4) is 0 Å². The van der Waals surface area contributed by atoms with Crippen LogP contribution in [0.2, 0.25) is 0 Å². The molecule has 1 aliphatic heterocycles. The summed E-state index contributed by atoms with van der Waals surface area (Å²) >= 11 is 3.22. The minimum Gasteiger partial charge on any atom is -0.351 e. The Morgan fingerprint density at radius 2 is 2.20 bits per heavy atom. The molecule has 3 N–H and O–H groups in total. The van der Waals surface area contributed by atoms with E-state index in [1.165, 1.54) is 17.0 Å². The number of hydrogen-bond donors (Lipinski definition) is 2. The van der Waals surface area contributed by atoms with Crippen LogP contribution in [0.1, 0.15) is 12.8 Å². The van der Waals surface area contributed by atoms with Gasteiger partial charge in [0.25, 0.3) is 0 Å². The van der Waals surface area contributed by atoms with Crippen molar-refractivity contribution in [3.05, 3.63) is 28.5 Å². The largest absolute Gasteiger partial charge is 0.351 e. The first-order valence-electron chi connectivity index (χ1n) is 6.27. The first-order valence-corrected chi connectivity index (χ1v) is 7.07. The van der Waals surface area contributed by atoms with Crippen LogP contribution in [0.25, 0.3) is 0 Å². The molecule has 5 nitrogen and oxygen atoms in total. The Morgan fingerprint density at radius 3 is 2.90 bits per heavy atom. The zero-order valence-electron chi connectivity index (χ0n) is 10.7. The number of likely N-dealkylation sites (tertiary alicyclic amines) is 1. The summed E-state index contributed by atoms with van der Waals surface area (Å²) in [7, 11) is 0. The molecule has 2 rings (SSSR count). The molecule has 0 aromatic heterocycles. The van der Waals surface area contributed by atoms with E-state index in [1.54, 1.807) is 6.07 Å². The first-order chi connectivity index (χ1) is 9.47. The summed E-state index contributed by atoms with van der Waals surface area (Å²) in [6, 6.07) is 3.80. The van der Waals surface area contributed by atoms with E-state index in [0.717, 1.165) is 0 Å². The summed E-state index contributed by atoms with van der Waals surface area (Å²) in [6.07, 6.45) is 1.37. The van der Waals surface area contributed by atoms with Crippen LogP contribution in [-0.4, -0.2) is 29.9 Å². The Balaban J connectivity index is 2.04. The molecule has 1 heterocycles. The third kappa shape index (κ3) is 3.47. The van der Waals surface area contributed by atoms with Gasteiger partial charge in [0, 0.05) is 17.6 Å². The van der Waals surface area contributed by atoms with Crippen molar-refractivity contribution in [3.63, 3.8) is 0 Å². The topological polar surface area (TPSA) is 75.4 Å². The highest BCUT2D eigenvalue weighted by Gasteiger charge is 2.27. The molecule has 1 aromatic carbocycles. The maximum Gasteiger partial charge on any atom is 0.314 e. The number of amides is 3. The van der Waals surface area contributed by atoms with E-state index < -0.39 is 11.8 Å². The number of primary amides is 1. The number of carbonyl (C=O) groups is 2. The van der Waals surface area contributed by atoms with E-state index in [4.69, 9.17) is 5.73 Å². The highest BCUT2D eigenvalue weighted by molar-refractivity contribution is 9.10. The lowest BCUT2D eigenvalue weighted by Crippen LogP contribution is -2.46. The zero-order valence-corrected chi connectivity index (χ0v) is 12.3. The molecule has 1 atom stereocenters. The Hall–Kier alpha value is -1.63. The van der Waals surface area contributed by atoms with Gasteiger partial charge in [0.15, 0.2) is 0 Å². The molecule has 1 saturated heterocycles. The van der Waals surface area contributed by atoms with Gasteiger partial charge in [0.1, 0.15) is 5.82 Å². The van der Waals surface area contributed by atoms with Gasteiger partial charge in [-0.2, -0.15) is 0 Å². The molecule has 1 aliphatic rings. The monoisotopic (exact) mass is 343 g/mol. The summed E-state index contributed by atoms with van der Waals surface area (Å²) < 4.78 is 14.3. The van der Waals surface area contributed by atoms with E-state index in [2.05, 4.69) is 21.2 Å². The van der Waals surface area contributed by atoms with Gasteiger partial charge in [-0.1, -0.05) is 15.9 Å². The molecule has 3 amide bonds. The van der Waals surface area contributed by atoms with E-state index in [9.17, 15) is 14.0 Å². The van der Waals surface area contributed by atoms with Crippen molar-refractivity contribution >= 4 is 33.6 Å². The second kappa shape index (κ2) is 6.21. The van der Waals surface area contributed by atoms with Gasteiger partial charge in [-0.25, -0.2) is 9.18 Å². The van der Waals surface area contributed by atoms with Crippen LogP contribution in [0.3, 0.4) is 0 Å². The minimum absolute atomic E-state index is 0.126. The Kier molecular flexibility index (Phi) is 4.59. The van der Waals surface area contributed by atoms with Crippen molar-refractivity contribution in [1.29, 1.82) is 0 Å². The maximum atomic E-state index is 13.6. The first kappa shape index (κ1) is 14.8. The molecule has 0 unspecified atom stereocenters. The normalized spacial score (nSPS) is 18.7. The average Bonchev–Trinajstić information content (AvgIpc) is 2.43. The van der Waals surface area contributed by atoms with Crippen LogP contribution in [0.5, 0.6) is 0 Å². The highest BCUT2D eigenvalue weighted by Crippen LogP contribution is 2.23. The fraction of sp³-hybridized carbons (Fsp3) is 0.385. The zero-order chi connectivity index (χ0) is 14.7. The number of anilines is 1. The van der Waals surface area contributed by atoms with Crippen molar-refractivity contribution in [2.75, 3.05) is 18.4 Å². The van der Waals surface area contributed by atoms with Crippen LogP contribution in [-0.2, 0) is 4.79 Å². The number of rotatable bonds is 2. The van der Waals surface area contributed by atoms with E-state index >= 15 is 0 Å². The number of carbonyl (C=O) groups excluding carboxylic acids is 2. The quantitative estimate of drug-likeness (QED) is 0.864. The molecule has 0 radical (unpaired) electrons. The van der Waals surface area contributed by atoms with Gasteiger partial charge in [-0.3, -0.25) is 4.79 Å². The fourth-order valence-electron chi connectivity index (χ4n) is 2.22. The number of nitrogens with zero attached hydrogens (tertiary/aromatic N) is 1. The number of hydrogen-bond acceptors (Lipinski definition) is 2. The number of benzene rings is 1. The second-order valence-corrected chi connectivity index (χ2v) is 5.65. The lowest BCUT2D eigenvalue weighted by atomic mass is 9.97.